The molecule has 2 aromatic carbocycles. The zero-order chi connectivity index (χ0) is 19.4. The average Bonchev–Trinajstić information content (AvgIpc) is 3.44. The molecule has 0 atom stereocenters. The smallest absolute Gasteiger partial charge is 0.149 e. The summed E-state index contributed by atoms with van der Waals surface area (Å²) in [7, 11) is 1.52. The maximum absolute atomic E-state index is 14.7. The molecule has 1 aliphatic rings. The highest BCUT2D eigenvalue weighted by Crippen LogP contribution is 2.47. The molecular formula is C21H26F2N2O2. The number of aryl methyl sites for hydroxylation is 1. The summed E-state index contributed by atoms with van der Waals surface area (Å²) in [6.07, 6.45) is 4.05. The lowest BCUT2D eigenvalue weighted by Crippen LogP contribution is -2.23. The normalized spacial score (nSPS) is 14.7. The molecule has 1 aliphatic carbocycles. The fourth-order valence-corrected chi connectivity index (χ4v) is 3.26. The lowest BCUT2D eigenvalue weighted by atomic mass is 10.1. The van der Waals surface area contributed by atoms with Crippen molar-refractivity contribution >= 4 is 17.1 Å². The number of aliphatic hydroxyl groups excluding tert-OH is 1. The van der Waals surface area contributed by atoms with Crippen molar-refractivity contribution in [2.75, 3.05) is 24.4 Å². The molecule has 0 unspecified atom stereocenters. The molecule has 146 valence electrons. The summed E-state index contributed by atoms with van der Waals surface area (Å²) in [6, 6.07) is 7.76. The monoisotopic (exact) mass is 376 g/mol. The van der Waals surface area contributed by atoms with Crippen LogP contribution in [0.2, 0.25) is 0 Å². The average molecular weight is 376 g/mol. The van der Waals surface area contributed by atoms with E-state index in [-0.39, 0.29) is 23.5 Å². The first-order valence-corrected chi connectivity index (χ1v) is 9.33. The Morgan fingerprint density at radius 3 is 2.48 bits per heavy atom. The number of aliphatic hydroxyl groups is 1. The quantitative estimate of drug-likeness (QED) is 0.577. The van der Waals surface area contributed by atoms with E-state index in [1.807, 2.05) is 13.0 Å². The van der Waals surface area contributed by atoms with E-state index in [1.54, 1.807) is 12.1 Å². The van der Waals surface area contributed by atoms with Gasteiger partial charge in [-0.1, -0.05) is 13.0 Å². The molecule has 1 saturated carbocycles. The van der Waals surface area contributed by atoms with Crippen molar-refractivity contribution in [3.63, 3.8) is 0 Å². The van der Waals surface area contributed by atoms with E-state index in [1.165, 1.54) is 19.2 Å². The van der Waals surface area contributed by atoms with E-state index < -0.39 is 11.6 Å². The number of rotatable bonds is 9. The van der Waals surface area contributed by atoms with E-state index in [0.29, 0.717) is 17.9 Å². The summed E-state index contributed by atoms with van der Waals surface area (Å²) in [4.78, 5) is 0. The minimum Gasteiger partial charge on any atom is -0.495 e. The van der Waals surface area contributed by atoms with Gasteiger partial charge in [0.05, 0.1) is 12.8 Å². The van der Waals surface area contributed by atoms with Crippen LogP contribution in [0.3, 0.4) is 0 Å². The van der Waals surface area contributed by atoms with Crippen LogP contribution in [-0.4, -0.2) is 24.4 Å². The molecule has 0 radical (unpaired) electrons. The SMILES string of the molecule is CCc1ccc(Nc2c(F)ccc(OC)c2NC2(CCCO)CC2)c(F)c1. The molecule has 0 bridgehead atoms. The Bertz CT molecular complexity index is 807. The predicted molar refractivity (Wildman–Crippen MR) is 104 cm³/mol. The largest absolute Gasteiger partial charge is 0.495 e. The van der Waals surface area contributed by atoms with Crippen molar-refractivity contribution in [1.82, 2.24) is 0 Å². The molecule has 0 amide bonds. The van der Waals surface area contributed by atoms with E-state index >= 15 is 0 Å². The molecule has 1 fully saturated rings. The molecule has 0 spiro atoms. The van der Waals surface area contributed by atoms with Gasteiger partial charge in [-0.3, -0.25) is 0 Å². The fourth-order valence-electron chi connectivity index (χ4n) is 3.26. The molecule has 27 heavy (non-hydrogen) atoms. The van der Waals surface area contributed by atoms with Crippen LogP contribution >= 0.6 is 0 Å². The van der Waals surface area contributed by atoms with Gasteiger partial charge in [0.25, 0.3) is 0 Å². The van der Waals surface area contributed by atoms with Gasteiger partial charge in [0.2, 0.25) is 0 Å². The van der Waals surface area contributed by atoms with E-state index in [4.69, 9.17) is 9.84 Å². The minimum atomic E-state index is -0.491. The molecule has 4 nitrogen and oxygen atoms in total. The first-order valence-electron chi connectivity index (χ1n) is 9.33. The zero-order valence-corrected chi connectivity index (χ0v) is 15.7. The number of ether oxygens (including phenoxy) is 1. The van der Waals surface area contributed by atoms with Gasteiger partial charge in [-0.15, -0.1) is 0 Å². The first kappa shape index (κ1) is 19.4. The third-order valence-electron chi connectivity index (χ3n) is 5.09. The number of hydrogen-bond donors (Lipinski definition) is 3. The summed E-state index contributed by atoms with van der Waals surface area (Å²) in [5.74, 6) is -0.432. The second-order valence-corrected chi connectivity index (χ2v) is 7.02. The van der Waals surface area contributed by atoms with Gasteiger partial charge >= 0.3 is 0 Å². The van der Waals surface area contributed by atoms with Crippen LogP contribution in [0.1, 0.15) is 38.2 Å². The summed E-state index contributed by atoms with van der Waals surface area (Å²) in [5, 5.41) is 15.4. The van der Waals surface area contributed by atoms with Gasteiger partial charge in [-0.2, -0.15) is 0 Å². The van der Waals surface area contributed by atoms with Crippen molar-refractivity contribution in [2.24, 2.45) is 0 Å². The van der Waals surface area contributed by atoms with Crippen LogP contribution in [0, 0.1) is 11.6 Å². The molecule has 0 aliphatic heterocycles. The standard InChI is InChI=1S/C21H26F2N2O2/c1-3-14-5-7-17(16(23)13-14)24-19-15(22)6-8-18(27-2)20(19)25-21(10-11-21)9-4-12-26/h5-8,13,24-26H,3-4,9-12H2,1-2H3. The Balaban J connectivity index is 1.94. The van der Waals surface area contributed by atoms with Gasteiger partial charge in [0.15, 0.2) is 0 Å². The molecule has 0 heterocycles. The highest BCUT2D eigenvalue weighted by molar-refractivity contribution is 5.81. The van der Waals surface area contributed by atoms with Crippen LogP contribution < -0.4 is 15.4 Å². The predicted octanol–water partition coefficient (Wildman–Crippen LogP) is 5.00. The number of nitrogens with one attached hydrogen (secondary N) is 2. The van der Waals surface area contributed by atoms with Gasteiger partial charge in [0.1, 0.15) is 28.8 Å². The number of hydrogen-bond acceptors (Lipinski definition) is 4. The van der Waals surface area contributed by atoms with Crippen LogP contribution in [-0.2, 0) is 6.42 Å². The third-order valence-corrected chi connectivity index (χ3v) is 5.09. The maximum Gasteiger partial charge on any atom is 0.149 e. The lowest BCUT2D eigenvalue weighted by Gasteiger charge is -2.24. The van der Waals surface area contributed by atoms with Crippen LogP contribution in [0.25, 0.3) is 0 Å². The van der Waals surface area contributed by atoms with Crippen molar-refractivity contribution in [1.29, 1.82) is 0 Å². The molecule has 0 saturated heterocycles. The second-order valence-electron chi connectivity index (χ2n) is 7.02. The summed E-state index contributed by atoms with van der Waals surface area (Å²) >= 11 is 0. The lowest BCUT2D eigenvalue weighted by molar-refractivity contribution is 0.279. The highest BCUT2D eigenvalue weighted by Gasteiger charge is 2.43. The van der Waals surface area contributed by atoms with Crippen LogP contribution in [0.5, 0.6) is 5.75 Å². The van der Waals surface area contributed by atoms with E-state index in [2.05, 4.69) is 10.6 Å². The van der Waals surface area contributed by atoms with E-state index in [0.717, 1.165) is 31.2 Å². The summed E-state index contributed by atoms with van der Waals surface area (Å²) in [5.41, 5.74) is 1.55. The highest BCUT2D eigenvalue weighted by atomic mass is 19.1. The van der Waals surface area contributed by atoms with Crippen molar-refractivity contribution < 1.29 is 18.6 Å². The molecule has 3 rings (SSSR count). The van der Waals surface area contributed by atoms with Gasteiger partial charge in [-0.05, 0) is 61.9 Å². The Hall–Kier alpha value is -2.34. The first-order chi connectivity index (χ1) is 13.0. The third kappa shape index (κ3) is 4.33. The molecule has 0 aromatic heterocycles. The second kappa shape index (κ2) is 8.13. The maximum atomic E-state index is 14.7. The minimum absolute atomic E-state index is 0.115. The van der Waals surface area contributed by atoms with Gasteiger partial charge in [-0.25, -0.2) is 8.78 Å². The van der Waals surface area contributed by atoms with Crippen LogP contribution in [0.15, 0.2) is 30.3 Å². The topological polar surface area (TPSA) is 53.5 Å². The molecule has 6 heteroatoms. The Kier molecular flexibility index (Phi) is 5.85. The molecular weight excluding hydrogens is 350 g/mol. The van der Waals surface area contributed by atoms with Crippen molar-refractivity contribution in [3.8, 4) is 5.75 Å². The Morgan fingerprint density at radius 2 is 1.89 bits per heavy atom. The van der Waals surface area contributed by atoms with Crippen molar-refractivity contribution in [3.05, 3.63) is 47.5 Å². The number of benzene rings is 2. The van der Waals surface area contributed by atoms with Gasteiger partial charge in [0, 0.05) is 12.1 Å². The van der Waals surface area contributed by atoms with Crippen molar-refractivity contribution in [2.45, 2.75) is 44.6 Å². The molecule has 2 aromatic rings. The zero-order valence-electron chi connectivity index (χ0n) is 15.7. The fraction of sp³-hybridized carbons (Fsp3) is 0.429. The summed E-state index contributed by atoms with van der Waals surface area (Å²) in [6.45, 7) is 2.07. The van der Waals surface area contributed by atoms with E-state index in [9.17, 15) is 8.78 Å². The van der Waals surface area contributed by atoms with Crippen LogP contribution in [0.4, 0.5) is 25.8 Å². The number of halogens is 2. The summed E-state index contributed by atoms with van der Waals surface area (Å²) < 4.78 is 34.5. The Labute approximate surface area is 158 Å². The number of methoxy groups -OCH3 is 1. The van der Waals surface area contributed by atoms with Gasteiger partial charge < -0.3 is 20.5 Å². The molecule has 3 N–H and O–H groups in total. The number of anilines is 3. The Morgan fingerprint density at radius 1 is 1.11 bits per heavy atom.